The number of aromatic amines is 1. The van der Waals surface area contributed by atoms with Gasteiger partial charge in [0, 0.05) is 35.6 Å². The fourth-order valence-electron chi connectivity index (χ4n) is 4.23. The zero-order chi connectivity index (χ0) is 22.0. The maximum Gasteiger partial charge on any atom is 0.323 e. The van der Waals surface area contributed by atoms with Gasteiger partial charge in [0.1, 0.15) is 6.04 Å². The number of nitrogens with one attached hydrogen (secondary N) is 3. The smallest absolute Gasteiger partial charge is 0.323 e. The Morgan fingerprint density at radius 2 is 1.81 bits per heavy atom. The second-order valence-electron chi connectivity index (χ2n) is 8.00. The summed E-state index contributed by atoms with van der Waals surface area (Å²) in [4.78, 5) is 40.9. The standard InChI is InChI=1S/C24H25N3O4/c1-24(13-21(29)25-2)22-17(16-10-6-7-11-18(16)26-22)12-19(27-24)23(30)31-14-20(28)15-8-4-3-5-9-15/h3-11,19,26-27H,12-14H2,1-2H3,(H,25,29). The number of ketones is 1. The molecule has 2 aromatic carbocycles. The highest BCUT2D eigenvalue weighted by Crippen LogP contribution is 2.37. The van der Waals surface area contributed by atoms with Crippen LogP contribution in [0.1, 0.15) is 35.0 Å². The van der Waals surface area contributed by atoms with Crippen LogP contribution in [0.15, 0.2) is 54.6 Å². The molecule has 4 rings (SSSR count). The third kappa shape index (κ3) is 4.09. The van der Waals surface area contributed by atoms with Gasteiger partial charge in [0.2, 0.25) is 5.91 Å². The van der Waals surface area contributed by atoms with E-state index in [1.165, 1.54) is 0 Å². The van der Waals surface area contributed by atoms with Crippen molar-refractivity contribution in [3.05, 3.63) is 71.4 Å². The molecule has 0 aliphatic carbocycles. The second kappa shape index (κ2) is 8.35. The highest BCUT2D eigenvalue weighted by molar-refractivity contribution is 5.98. The molecule has 1 aliphatic rings. The largest absolute Gasteiger partial charge is 0.456 e. The van der Waals surface area contributed by atoms with Crippen LogP contribution in [0, 0.1) is 0 Å². The maximum absolute atomic E-state index is 12.9. The summed E-state index contributed by atoms with van der Waals surface area (Å²) in [6.45, 7) is 1.57. The second-order valence-corrected chi connectivity index (χ2v) is 8.00. The van der Waals surface area contributed by atoms with E-state index in [0.717, 1.165) is 22.2 Å². The molecule has 160 valence electrons. The number of aromatic nitrogens is 1. The van der Waals surface area contributed by atoms with Crippen LogP contribution in [-0.2, 0) is 26.3 Å². The van der Waals surface area contributed by atoms with Gasteiger partial charge in [0.15, 0.2) is 12.4 Å². The number of benzene rings is 2. The van der Waals surface area contributed by atoms with E-state index in [1.54, 1.807) is 31.3 Å². The first-order chi connectivity index (χ1) is 14.9. The summed E-state index contributed by atoms with van der Waals surface area (Å²) in [5.41, 5.74) is 2.53. The lowest BCUT2D eigenvalue weighted by molar-refractivity contribution is -0.146. The molecule has 2 unspecified atom stereocenters. The summed E-state index contributed by atoms with van der Waals surface area (Å²) in [6, 6.07) is 15.9. The van der Waals surface area contributed by atoms with Gasteiger partial charge in [0.05, 0.1) is 12.0 Å². The first kappa shape index (κ1) is 20.8. The number of rotatable bonds is 6. The van der Waals surface area contributed by atoms with Crippen LogP contribution >= 0.6 is 0 Å². The Balaban J connectivity index is 1.58. The summed E-state index contributed by atoms with van der Waals surface area (Å²) in [5.74, 6) is -0.915. The van der Waals surface area contributed by atoms with Gasteiger partial charge in [-0.3, -0.25) is 19.7 Å². The lowest BCUT2D eigenvalue weighted by Gasteiger charge is -2.38. The predicted molar refractivity (Wildman–Crippen MR) is 117 cm³/mol. The number of H-pyrrole nitrogens is 1. The zero-order valence-electron chi connectivity index (χ0n) is 17.5. The molecule has 7 nitrogen and oxygen atoms in total. The Morgan fingerprint density at radius 3 is 2.55 bits per heavy atom. The van der Waals surface area contributed by atoms with E-state index in [-0.39, 0.29) is 24.7 Å². The van der Waals surface area contributed by atoms with Crippen molar-refractivity contribution in [1.82, 2.24) is 15.6 Å². The van der Waals surface area contributed by atoms with E-state index in [1.807, 2.05) is 37.3 Å². The number of hydrogen-bond donors (Lipinski definition) is 3. The minimum absolute atomic E-state index is 0.145. The van der Waals surface area contributed by atoms with Crippen molar-refractivity contribution in [3.63, 3.8) is 0 Å². The van der Waals surface area contributed by atoms with Gasteiger partial charge >= 0.3 is 5.97 Å². The molecule has 3 aromatic rings. The van der Waals surface area contributed by atoms with Gasteiger partial charge in [-0.15, -0.1) is 0 Å². The Hall–Kier alpha value is -3.45. The molecular formula is C24H25N3O4. The lowest BCUT2D eigenvalue weighted by Crippen LogP contribution is -2.56. The Labute approximate surface area is 180 Å². The molecular weight excluding hydrogens is 394 g/mol. The minimum atomic E-state index is -0.792. The number of hydrogen-bond acceptors (Lipinski definition) is 5. The highest BCUT2D eigenvalue weighted by Gasteiger charge is 2.42. The maximum atomic E-state index is 12.9. The van der Waals surface area contributed by atoms with Gasteiger partial charge in [-0.2, -0.15) is 0 Å². The first-order valence-corrected chi connectivity index (χ1v) is 10.2. The quantitative estimate of drug-likeness (QED) is 0.421. The third-order valence-corrected chi connectivity index (χ3v) is 5.79. The van der Waals surface area contributed by atoms with Crippen LogP contribution in [0.3, 0.4) is 0 Å². The topological polar surface area (TPSA) is 100 Å². The summed E-state index contributed by atoms with van der Waals surface area (Å²) < 4.78 is 5.36. The van der Waals surface area contributed by atoms with Crippen molar-refractivity contribution < 1.29 is 19.1 Å². The molecule has 0 radical (unpaired) electrons. The van der Waals surface area contributed by atoms with Gasteiger partial charge in [0.25, 0.3) is 0 Å². The SMILES string of the molecule is CNC(=O)CC1(C)NC(C(=O)OCC(=O)c2ccccc2)Cc2c1[nH]c1ccccc21. The Morgan fingerprint density at radius 1 is 1.10 bits per heavy atom. The molecule has 1 aliphatic heterocycles. The van der Waals surface area contributed by atoms with E-state index >= 15 is 0 Å². The molecule has 2 atom stereocenters. The number of carbonyl (C=O) groups is 3. The number of amides is 1. The number of carbonyl (C=O) groups excluding carboxylic acids is 3. The normalized spacial score (nSPS) is 20.1. The van der Waals surface area contributed by atoms with Crippen molar-refractivity contribution in [2.24, 2.45) is 0 Å². The third-order valence-electron chi connectivity index (χ3n) is 5.79. The molecule has 0 fully saturated rings. The van der Waals surface area contributed by atoms with E-state index in [0.29, 0.717) is 12.0 Å². The van der Waals surface area contributed by atoms with Crippen molar-refractivity contribution in [2.45, 2.75) is 31.3 Å². The molecule has 0 saturated heterocycles. The number of para-hydroxylation sites is 1. The number of esters is 1. The van der Waals surface area contributed by atoms with E-state index in [2.05, 4.69) is 15.6 Å². The molecule has 0 saturated carbocycles. The molecule has 2 heterocycles. The van der Waals surface area contributed by atoms with E-state index in [4.69, 9.17) is 4.74 Å². The van der Waals surface area contributed by atoms with Gasteiger partial charge in [-0.25, -0.2) is 0 Å². The molecule has 0 spiro atoms. The lowest BCUT2D eigenvalue weighted by atomic mass is 9.82. The number of ether oxygens (including phenoxy) is 1. The summed E-state index contributed by atoms with van der Waals surface area (Å²) in [6.07, 6.45) is 0.553. The molecule has 0 bridgehead atoms. The van der Waals surface area contributed by atoms with Crippen LogP contribution in [0.5, 0.6) is 0 Å². The van der Waals surface area contributed by atoms with Crippen LogP contribution < -0.4 is 10.6 Å². The average molecular weight is 419 g/mol. The summed E-state index contributed by atoms with van der Waals surface area (Å²) in [7, 11) is 1.58. The molecule has 1 aromatic heterocycles. The molecule has 3 N–H and O–H groups in total. The number of Topliss-reactive ketones (excluding diaryl/α,β-unsaturated/α-hetero) is 1. The van der Waals surface area contributed by atoms with E-state index in [9.17, 15) is 14.4 Å². The fourth-order valence-corrected chi connectivity index (χ4v) is 4.23. The van der Waals surface area contributed by atoms with Gasteiger partial charge in [-0.05, 0) is 18.6 Å². The Kier molecular flexibility index (Phi) is 5.61. The van der Waals surface area contributed by atoms with Crippen LogP contribution in [0.25, 0.3) is 10.9 Å². The Bertz CT molecular complexity index is 1140. The average Bonchev–Trinajstić information content (AvgIpc) is 3.17. The highest BCUT2D eigenvalue weighted by atomic mass is 16.5. The molecule has 31 heavy (non-hydrogen) atoms. The summed E-state index contributed by atoms with van der Waals surface area (Å²) >= 11 is 0. The zero-order valence-corrected chi connectivity index (χ0v) is 17.5. The van der Waals surface area contributed by atoms with E-state index < -0.39 is 17.6 Å². The first-order valence-electron chi connectivity index (χ1n) is 10.2. The molecule has 1 amide bonds. The fraction of sp³-hybridized carbons (Fsp3) is 0.292. The molecule has 7 heteroatoms. The van der Waals surface area contributed by atoms with Crippen molar-refractivity contribution in [1.29, 1.82) is 0 Å². The minimum Gasteiger partial charge on any atom is -0.456 e. The van der Waals surface area contributed by atoms with Crippen LogP contribution in [0.4, 0.5) is 0 Å². The van der Waals surface area contributed by atoms with Crippen molar-refractivity contribution in [3.8, 4) is 0 Å². The van der Waals surface area contributed by atoms with Crippen LogP contribution in [0.2, 0.25) is 0 Å². The van der Waals surface area contributed by atoms with Crippen molar-refractivity contribution >= 4 is 28.6 Å². The van der Waals surface area contributed by atoms with Crippen molar-refractivity contribution in [2.75, 3.05) is 13.7 Å². The number of fused-ring (bicyclic) bond motifs is 3. The predicted octanol–water partition coefficient (Wildman–Crippen LogP) is 2.46. The van der Waals surface area contributed by atoms with Crippen LogP contribution in [-0.4, -0.2) is 42.3 Å². The monoisotopic (exact) mass is 419 g/mol. The summed E-state index contributed by atoms with van der Waals surface area (Å²) in [5, 5.41) is 6.96. The van der Waals surface area contributed by atoms with Gasteiger partial charge in [-0.1, -0.05) is 48.5 Å². The van der Waals surface area contributed by atoms with Gasteiger partial charge < -0.3 is 15.0 Å².